The Hall–Kier alpha value is -3.80. The molecular formula is C19H13F3N6O2S. The first-order valence-corrected chi connectivity index (χ1v) is 9.60. The molecule has 8 nitrogen and oxygen atoms in total. The number of alkyl halides is 3. The summed E-state index contributed by atoms with van der Waals surface area (Å²) >= 11 is 1.31. The fraction of sp³-hybridized carbons (Fsp3) is 0.105. The lowest BCUT2D eigenvalue weighted by Gasteiger charge is -2.10. The van der Waals surface area contributed by atoms with Crippen molar-refractivity contribution in [2.75, 3.05) is 10.6 Å². The van der Waals surface area contributed by atoms with Crippen LogP contribution in [0.5, 0.6) is 0 Å². The number of nitro groups is 1. The zero-order chi connectivity index (χ0) is 22.2. The second-order valence-electron chi connectivity index (χ2n) is 6.49. The number of aryl methyl sites for hydroxylation is 1. The number of nitrogens with zero attached hydrogens (tertiary/aromatic N) is 4. The second kappa shape index (κ2) is 7.80. The molecule has 0 unspecified atom stereocenters. The van der Waals surface area contributed by atoms with E-state index in [-0.39, 0.29) is 17.3 Å². The molecule has 2 aromatic carbocycles. The van der Waals surface area contributed by atoms with Crippen LogP contribution in [0, 0.1) is 17.0 Å². The zero-order valence-corrected chi connectivity index (χ0v) is 16.6. The summed E-state index contributed by atoms with van der Waals surface area (Å²) < 4.78 is 39.1. The topological polar surface area (TPSA) is 106 Å². The van der Waals surface area contributed by atoms with E-state index in [4.69, 9.17) is 0 Å². The van der Waals surface area contributed by atoms with Crippen LogP contribution in [0.15, 0.2) is 48.8 Å². The molecule has 4 rings (SSSR count). The molecule has 31 heavy (non-hydrogen) atoms. The predicted octanol–water partition coefficient (Wildman–Crippen LogP) is 5.81. The van der Waals surface area contributed by atoms with Gasteiger partial charge in [-0.1, -0.05) is 17.4 Å². The number of rotatable bonds is 5. The van der Waals surface area contributed by atoms with Gasteiger partial charge in [0.05, 0.1) is 20.7 Å². The standard InChI is InChI=1S/C19H13F3N6O2S/c1-10-2-7-13-14(8-10)31-18(26-13)27-17-15(28(29)30)16(23-9-24-17)25-12-5-3-11(4-6-12)19(20,21)22/h2-9H,1H3,(H2,23,24,25,26,27). The smallest absolute Gasteiger partial charge is 0.334 e. The van der Waals surface area contributed by atoms with E-state index in [1.807, 2.05) is 25.1 Å². The van der Waals surface area contributed by atoms with E-state index >= 15 is 0 Å². The molecule has 0 saturated carbocycles. The van der Waals surface area contributed by atoms with Gasteiger partial charge >= 0.3 is 11.9 Å². The molecule has 0 spiro atoms. The van der Waals surface area contributed by atoms with Crippen molar-refractivity contribution in [3.05, 3.63) is 70.0 Å². The molecule has 0 amide bonds. The van der Waals surface area contributed by atoms with Gasteiger partial charge in [-0.25, -0.2) is 15.0 Å². The van der Waals surface area contributed by atoms with Gasteiger partial charge in [-0.2, -0.15) is 13.2 Å². The van der Waals surface area contributed by atoms with Crippen molar-refractivity contribution in [3.63, 3.8) is 0 Å². The monoisotopic (exact) mass is 446 g/mol. The van der Waals surface area contributed by atoms with Crippen molar-refractivity contribution in [2.24, 2.45) is 0 Å². The van der Waals surface area contributed by atoms with E-state index in [1.165, 1.54) is 11.3 Å². The number of benzene rings is 2. The largest absolute Gasteiger partial charge is 0.416 e. The normalized spacial score (nSPS) is 11.5. The third-order valence-electron chi connectivity index (χ3n) is 4.25. The molecule has 0 bridgehead atoms. The van der Waals surface area contributed by atoms with E-state index in [2.05, 4.69) is 25.6 Å². The van der Waals surface area contributed by atoms with Crippen LogP contribution in [0.1, 0.15) is 11.1 Å². The van der Waals surface area contributed by atoms with Crippen LogP contribution in [-0.4, -0.2) is 19.9 Å². The highest BCUT2D eigenvalue weighted by Crippen LogP contribution is 2.36. The third kappa shape index (κ3) is 4.38. The van der Waals surface area contributed by atoms with Crippen molar-refractivity contribution < 1.29 is 18.1 Å². The van der Waals surface area contributed by atoms with Gasteiger partial charge in [-0.05, 0) is 48.9 Å². The van der Waals surface area contributed by atoms with Crippen LogP contribution in [0.4, 0.5) is 41.3 Å². The highest BCUT2D eigenvalue weighted by atomic mass is 32.1. The number of aromatic nitrogens is 3. The summed E-state index contributed by atoms with van der Waals surface area (Å²) in [5.74, 6) is -0.260. The lowest BCUT2D eigenvalue weighted by molar-refractivity contribution is -0.383. The van der Waals surface area contributed by atoms with Crippen LogP contribution in [0.25, 0.3) is 10.2 Å². The molecule has 0 aliphatic heterocycles. The first kappa shape index (κ1) is 20.5. The summed E-state index contributed by atoms with van der Waals surface area (Å²) in [5, 5.41) is 17.6. The van der Waals surface area contributed by atoms with Crippen molar-refractivity contribution in [1.29, 1.82) is 0 Å². The first-order chi connectivity index (χ1) is 14.7. The number of thiazole rings is 1. The lowest BCUT2D eigenvalue weighted by atomic mass is 10.2. The predicted molar refractivity (Wildman–Crippen MR) is 111 cm³/mol. The maximum Gasteiger partial charge on any atom is 0.416 e. The molecule has 0 aliphatic rings. The van der Waals surface area contributed by atoms with Gasteiger partial charge in [-0.15, -0.1) is 0 Å². The summed E-state index contributed by atoms with van der Waals surface area (Å²) in [6.07, 6.45) is -3.37. The molecular weight excluding hydrogens is 433 g/mol. The van der Waals surface area contributed by atoms with Crippen LogP contribution in [0.2, 0.25) is 0 Å². The Bertz CT molecular complexity index is 1270. The first-order valence-electron chi connectivity index (χ1n) is 8.78. The van der Waals surface area contributed by atoms with Crippen LogP contribution in [0.3, 0.4) is 0 Å². The second-order valence-corrected chi connectivity index (χ2v) is 7.52. The molecule has 0 fully saturated rings. The van der Waals surface area contributed by atoms with Gasteiger partial charge < -0.3 is 10.6 Å². The van der Waals surface area contributed by atoms with Gasteiger partial charge in [0.25, 0.3) is 0 Å². The molecule has 158 valence electrons. The number of nitrogens with one attached hydrogen (secondary N) is 2. The SMILES string of the molecule is Cc1ccc2nc(Nc3ncnc(Nc4ccc(C(F)(F)F)cc4)c3[N+](=O)[O-])sc2c1. The average molecular weight is 446 g/mol. The van der Waals surface area contributed by atoms with Crippen LogP contribution < -0.4 is 10.6 Å². The highest BCUT2D eigenvalue weighted by molar-refractivity contribution is 7.22. The van der Waals surface area contributed by atoms with Crippen LogP contribution in [-0.2, 0) is 6.18 Å². The van der Waals surface area contributed by atoms with E-state index < -0.39 is 22.4 Å². The Morgan fingerprint density at radius 1 is 1.03 bits per heavy atom. The Labute approximate surface area is 177 Å². The third-order valence-corrected chi connectivity index (χ3v) is 5.18. The van der Waals surface area contributed by atoms with Crippen molar-refractivity contribution in [2.45, 2.75) is 13.1 Å². The van der Waals surface area contributed by atoms with E-state index in [9.17, 15) is 23.3 Å². The van der Waals surface area contributed by atoms with E-state index in [1.54, 1.807) is 0 Å². The van der Waals surface area contributed by atoms with Gasteiger partial charge in [-0.3, -0.25) is 10.1 Å². The maximum atomic E-state index is 12.7. The van der Waals surface area contributed by atoms with Gasteiger partial charge in [0, 0.05) is 5.69 Å². The van der Waals surface area contributed by atoms with Gasteiger partial charge in [0.1, 0.15) is 6.33 Å². The van der Waals surface area contributed by atoms with E-state index in [0.717, 1.165) is 46.4 Å². The summed E-state index contributed by atoms with van der Waals surface area (Å²) in [7, 11) is 0. The number of fused-ring (bicyclic) bond motifs is 1. The highest BCUT2D eigenvalue weighted by Gasteiger charge is 2.30. The molecule has 12 heteroatoms. The van der Waals surface area contributed by atoms with Gasteiger partial charge in [0.15, 0.2) is 5.13 Å². The molecule has 2 aromatic heterocycles. The minimum absolute atomic E-state index is 0.0924. The molecule has 0 saturated heterocycles. The fourth-order valence-corrected chi connectivity index (χ4v) is 3.76. The Kier molecular flexibility index (Phi) is 5.15. The number of hydrogen-bond donors (Lipinski definition) is 2. The number of halogens is 3. The Morgan fingerprint density at radius 2 is 1.71 bits per heavy atom. The molecule has 0 radical (unpaired) electrons. The van der Waals surface area contributed by atoms with Crippen molar-refractivity contribution in [1.82, 2.24) is 15.0 Å². The van der Waals surface area contributed by atoms with Gasteiger partial charge in [0.2, 0.25) is 11.6 Å². The fourth-order valence-electron chi connectivity index (χ4n) is 2.80. The molecule has 0 atom stereocenters. The number of anilines is 4. The molecule has 2 heterocycles. The summed E-state index contributed by atoms with van der Waals surface area (Å²) in [6.45, 7) is 1.95. The molecule has 2 N–H and O–H groups in total. The summed E-state index contributed by atoms with van der Waals surface area (Å²) in [6, 6.07) is 9.78. The lowest BCUT2D eigenvalue weighted by Crippen LogP contribution is -2.06. The zero-order valence-electron chi connectivity index (χ0n) is 15.8. The Morgan fingerprint density at radius 3 is 2.35 bits per heavy atom. The molecule has 0 aliphatic carbocycles. The van der Waals surface area contributed by atoms with Crippen LogP contribution >= 0.6 is 11.3 Å². The summed E-state index contributed by atoms with van der Waals surface area (Å²) in [5.41, 5.74) is 0.703. The average Bonchev–Trinajstić information content (AvgIpc) is 3.09. The maximum absolute atomic E-state index is 12.7. The van der Waals surface area contributed by atoms with Crippen molar-refractivity contribution in [3.8, 4) is 0 Å². The molecule has 4 aromatic rings. The summed E-state index contributed by atoms with van der Waals surface area (Å²) in [4.78, 5) is 23.2. The quantitative estimate of drug-likeness (QED) is 0.294. The number of hydrogen-bond acceptors (Lipinski definition) is 8. The van der Waals surface area contributed by atoms with E-state index in [0.29, 0.717) is 5.13 Å². The minimum Gasteiger partial charge on any atom is -0.334 e. The minimum atomic E-state index is -4.48. The Balaban J connectivity index is 1.65. The van der Waals surface area contributed by atoms with Crippen molar-refractivity contribution >= 4 is 49.7 Å².